The van der Waals surface area contributed by atoms with Gasteiger partial charge in [-0.05, 0) is 62.4 Å². The second-order valence-corrected chi connectivity index (χ2v) is 7.49. The van der Waals surface area contributed by atoms with Gasteiger partial charge in [0.05, 0.1) is 0 Å². The Morgan fingerprint density at radius 2 is 1.84 bits per heavy atom. The van der Waals surface area contributed by atoms with Crippen LogP contribution < -0.4 is 10.6 Å². The molecule has 1 atom stereocenters. The van der Waals surface area contributed by atoms with E-state index in [2.05, 4.69) is 34.9 Å². The molecule has 2 aromatic rings. The molecule has 25 heavy (non-hydrogen) atoms. The quantitative estimate of drug-likeness (QED) is 0.841. The number of hydrogen-bond acceptors (Lipinski definition) is 3. The van der Waals surface area contributed by atoms with Gasteiger partial charge in [-0.25, -0.2) is 4.79 Å². The molecule has 0 saturated heterocycles. The van der Waals surface area contributed by atoms with Gasteiger partial charge in [-0.15, -0.1) is 0 Å². The minimum Gasteiger partial charge on any atom is -0.444 e. The molecule has 0 fully saturated rings. The summed E-state index contributed by atoms with van der Waals surface area (Å²) < 4.78 is 5.26. The number of carbonyl (C=O) groups excluding carboxylic acids is 1. The van der Waals surface area contributed by atoms with Crippen LogP contribution in [0, 0.1) is 0 Å². The van der Waals surface area contributed by atoms with Crippen molar-refractivity contribution in [2.45, 2.75) is 51.8 Å². The van der Waals surface area contributed by atoms with Crippen molar-refractivity contribution in [1.82, 2.24) is 5.32 Å². The lowest BCUT2D eigenvalue weighted by molar-refractivity contribution is 0.0636. The van der Waals surface area contributed by atoms with Crippen molar-refractivity contribution in [3.8, 4) is 0 Å². The number of amides is 1. The Bertz CT molecular complexity index is 732. The van der Waals surface area contributed by atoms with Gasteiger partial charge in [-0.2, -0.15) is 0 Å². The molecule has 0 bridgehead atoms. The van der Waals surface area contributed by atoms with Gasteiger partial charge in [0.15, 0.2) is 0 Å². The van der Waals surface area contributed by atoms with Crippen molar-refractivity contribution in [1.29, 1.82) is 0 Å². The summed E-state index contributed by atoms with van der Waals surface area (Å²) in [5.41, 5.74) is 4.32. The van der Waals surface area contributed by atoms with Gasteiger partial charge in [0.25, 0.3) is 0 Å². The number of aryl methyl sites for hydroxylation is 1. The molecule has 1 amide bonds. The Hall–Kier alpha value is -2.33. The predicted octanol–water partition coefficient (Wildman–Crippen LogP) is 4.81. The summed E-state index contributed by atoms with van der Waals surface area (Å²) >= 11 is 0. The van der Waals surface area contributed by atoms with Gasteiger partial charge in [-0.3, -0.25) is 5.32 Å². The molecule has 2 N–H and O–H groups in total. The van der Waals surface area contributed by atoms with E-state index >= 15 is 0 Å². The maximum atomic E-state index is 11.8. The summed E-state index contributed by atoms with van der Waals surface area (Å²) in [7, 11) is 0. The third kappa shape index (κ3) is 4.83. The first-order valence-electron chi connectivity index (χ1n) is 8.81. The Morgan fingerprint density at radius 3 is 2.56 bits per heavy atom. The van der Waals surface area contributed by atoms with Gasteiger partial charge in [0, 0.05) is 18.3 Å². The van der Waals surface area contributed by atoms with Crippen LogP contribution in [0.25, 0.3) is 0 Å². The molecule has 0 radical (unpaired) electrons. The number of ether oxygens (including phenoxy) is 1. The molecule has 132 valence electrons. The highest BCUT2D eigenvalue weighted by Crippen LogP contribution is 2.30. The molecule has 1 unspecified atom stereocenters. The summed E-state index contributed by atoms with van der Waals surface area (Å²) in [5.74, 6) is 0. The molecular formula is C21H26N2O2. The highest BCUT2D eigenvalue weighted by Gasteiger charge is 2.21. The molecule has 4 nitrogen and oxygen atoms in total. The Kier molecular flexibility index (Phi) is 5.09. The van der Waals surface area contributed by atoms with E-state index in [4.69, 9.17) is 4.74 Å². The summed E-state index contributed by atoms with van der Waals surface area (Å²) in [6.07, 6.45) is 1.87. The first-order valence-corrected chi connectivity index (χ1v) is 8.81. The van der Waals surface area contributed by atoms with E-state index in [0.29, 0.717) is 6.04 Å². The fraction of sp³-hybridized carbons (Fsp3) is 0.381. The third-order valence-electron chi connectivity index (χ3n) is 4.28. The van der Waals surface area contributed by atoms with Crippen LogP contribution in [0.1, 0.15) is 49.9 Å². The van der Waals surface area contributed by atoms with Crippen LogP contribution >= 0.6 is 0 Å². The average Bonchev–Trinajstić information content (AvgIpc) is 2.96. The summed E-state index contributed by atoms with van der Waals surface area (Å²) in [6.45, 7) is 6.36. The monoisotopic (exact) mass is 338 g/mol. The number of benzene rings is 2. The van der Waals surface area contributed by atoms with Gasteiger partial charge < -0.3 is 10.1 Å². The van der Waals surface area contributed by atoms with E-state index in [-0.39, 0.29) is 0 Å². The lowest BCUT2D eigenvalue weighted by Crippen LogP contribution is -2.27. The zero-order valence-electron chi connectivity index (χ0n) is 15.1. The minimum atomic E-state index is -0.495. The fourth-order valence-electron chi connectivity index (χ4n) is 3.14. The lowest BCUT2D eigenvalue weighted by atomic mass is 10.1. The Morgan fingerprint density at radius 1 is 1.12 bits per heavy atom. The van der Waals surface area contributed by atoms with E-state index in [1.54, 1.807) is 0 Å². The maximum absolute atomic E-state index is 11.8. The molecule has 3 rings (SSSR count). The van der Waals surface area contributed by atoms with Crippen LogP contribution in [-0.4, -0.2) is 11.7 Å². The molecule has 4 heteroatoms. The Balaban J connectivity index is 1.53. The molecule has 0 aliphatic heterocycles. The predicted molar refractivity (Wildman–Crippen MR) is 101 cm³/mol. The number of fused-ring (bicyclic) bond motifs is 1. The number of carbonyl (C=O) groups is 1. The smallest absolute Gasteiger partial charge is 0.412 e. The van der Waals surface area contributed by atoms with Crippen molar-refractivity contribution in [3.05, 3.63) is 65.2 Å². The molecule has 1 aliphatic rings. The molecule has 0 aromatic heterocycles. The minimum absolute atomic E-state index is 0.427. The number of nitrogens with one attached hydrogen (secondary N) is 2. The first-order chi connectivity index (χ1) is 11.9. The van der Waals surface area contributed by atoms with Crippen molar-refractivity contribution in [2.75, 3.05) is 5.32 Å². The molecule has 0 spiro atoms. The summed E-state index contributed by atoms with van der Waals surface area (Å²) in [5, 5.41) is 6.39. The van der Waals surface area contributed by atoms with Crippen molar-refractivity contribution in [3.63, 3.8) is 0 Å². The molecule has 0 saturated carbocycles. The van der Waals surface area contributed by atoms with Crippen LogP contribution in [0.5, 0.6) is 0 Å². The van der Waals surface area contributed by atoms with Crippen LogP contribution in [0.3, 0.4) is 0 Å². The summed E-state index contributed by atoms with van der Waals surface area (Å²) in [4.78, 5) is 11.8. The van der Waals surface area contributed by atoms with Crippen molar-refractivity contribution in [2.24, 2.45) is 0 Å². The second kappa shape index (κ2) is 7.28. The molecule has 2 aromatic carbocycles. The lowest BCUT2D eigenvalue weighted by Gasteiger charge is -2.19. The van der Waals surface area contributed by atoms with Crippen LogP contribution in [-0.2, 0) is 17.7 Å². The van der Waals surface area contributed by atoms with Crippen LogP contribution in [0.15, 0.2) is 48.5 Å². The van der Waals surface area contributed by atoms with E-state index in [1.165, 1.54) is 16.7 Å². The number of hydrogen-bond donors (Lipinski definition) is 2. The van der Waals surface area contributed by atoms with Gasteiger partial charge in [-0.1, -0.05) is 36.4 Å². The fourth-order valence-corrected chi connectivity index (χ4v) is 3.14. The average molecular weight is 338 g/mol. The zero-order valence-corrected chi connectivity index (χ0v) is 15.1. The van der Waals surface area contributed by atoms with Crippen LogP contribution in [0.2, 0.25) is 0 Å². The summed E-state index contributed by atoms with van der Waals surface area (Å²) in [6, 6.07) is 16.9. The first kappa shape index (κ1) is 17.5. The van der Waals surface area contributed by atoms with E-state index in [1.807, 2.05) is 45.0 Å². The van der Waals surface area contributed by atoms with Crippen LogP contribution in [0.4, 0.5) is 10.5 Å². The third-order valence-corrected chi connectivity index (χ3v) is 4.28. The highest BCUT2D eigenvalue weighted by atomic mass is 16.6. The van der Waals surface area contributed by atoms with Gasteiger partial charge >= 0.3 is 6.09 Å². The topological polar surface area (TPSA) is 50.4 Å². The number of anilines is 1. The molecule has 1 aliphatic carbocycles. The second-order valence-electron chi connectivity index (χ2n) is 7.49. The molecule has 0 heterocycles. The van der Waals surface area contributed by atoms with E-state index in [0.717, 1.165) is 25.1 Å². The van der Waals surface area contributed by atoms with E-state index < -0.39 is 11.7 Å². The zero-order chi connectivity index (χ0) is 17.9. The molecular weight excluding hydrogens is 312 g/mol. The van der Waals surface area contributed by atoms with Crippen molar-refractivity contribution >= 4 is 11.8 Å². The van der Waals surface area contributed by atoms with Gasteiger partial charge in [0.2, 0.25) is 0 Å². The largest absolute Gasteiger partial charge is 0.444 e. The normalized spacial score (nSPS) is 16.4. The van der Waals surface area contributed by atoms with Crippen molar-refractivity contribution < 1.29 is 9.53 Å². The highest BCUT2D eigenvalue weighted by molar-refractivity contribution is 5.84. The SMILES string of the molecule is CC(C)(C)OC(=O)Nc1ccc(CNC2CCc3ccccc32)cc1. The maximum Gasteiger partial charge on any atom is 0.412 e. The van der Waals surface area contributed by atoms with E-state index in [9.17, 15) is 4.79 Å². The standard InChI is InChI=1S/C21H26N2O2/c1-21(2,3)25-20(24)23-17-11-8-15(9-12-17)14-22-19-13-10-16-6-4-5-7-18(16)19/h4-9,11-12,19,22H,10,13-14H2,1-3H3,(H,23,24). The van der Waals surface area contributed by atoms with Gasteiger partial charge in [0.1, 0.15) is 5.60 Å². The number of rotatable bonds is 4. The Labute approximate surface area is 149 Å².